The van der Waals surface area contributed by atoms with Crippen LogP contribution in [-0.2, 0) is 20.5 Å². The number of aromatic nitrogens is 1. The molecule has 1 spiro atoms. The summed E-state index contributed by atoms with van der Waals surface area (Å²) in [5.41, 5.74) is 1.24. The van der Waals surface area contributed by atoms with E-state index in [0.29, 0.717) is 25.1 Å². The summed E-state index contributed by atoms with van der Waals surface area (Å²) in [5.74, 6) is 0.567. The minimum Gasteiger partial charge on any atom is -0.497 e. The zero-order chi connectivity index (χ0) is 18.6. The Hall–Kier alpha value is -2.89. The van der Waals surface area contributed by atoms with Gasteiger partial charge in [-0.05, 0) is 36.6 Å². The molecule has 0 bridgehead atoms. The van der Waals surface area contributed by atoms with Crippen molar-refractivity contribution in [3.63, 3.8) is 0 Å². The highest BCUT2D eigenvalue weighted by molar-refractivity contribution is 5.95. The van der Waals surface area contributed by atoms with Crippen LogP contribution in [0.5, 0.6) is 5.75 Å². The van der Waals surface area contributed by atoms with E-state index in [2.05, 4.69) is 4.98 Å². The molecule has 1 unspecified atom stereocenters. The molecule has 2 aliphatic heterocycles. The van der Waals surface area contributed by atoms with E-state index in [4.69, 9.17) is 9.47 Å². The molecule has 138 valence electrons. The fraction of sp³-hybridized carbons (Fsp3) is 0.381. The Morgan fingerprint density at radius 2 is 1.96 bits per heavy atom. The molecule has 5 rings (SSSR count). The fourth-order valence-electron chi connectivity index (χ4n) is 4.46. The Bertz CT molecular complexity index is 935. The third-order valence-corrected chi connectivity index (χ3v) is 6.14. The molecule has 1 saturated carbocycles. The minimum atomic E-state index is -0.721. The van der Waals surface area contributed by atoms with Gasteiger partial charge in [0.1, 0.15) is 5.75 Å². The lowest BCUT2D eigenvalue weighted by atomic mass is 9.92. The molecule has 27 heavy (non-hydrogen) atoms. The summed E-state index contributed by atoms with van der Waals surface area (Å²) in [5, 5.41) is 0. The molecule has 2 aromatic rings. The number of methoxy groups -OCH3 is 1. The van der Waals surface area contributed by atoms with Crippen molar-refractivity contribution in [3.05, 3.63) is 59.4 Å². The summed E-state index contributed by atoms with van der Waals surface area (Å²) in [4.78, 5) is 31.5. The lowest BCUT2D eigenvalue weighted by Gasteiger charge is -2.27. The van der Waals surface area contributed by atoms with E-state index in [-0.39, 0.29) is 11.9 Å². The number of carbonyl (C=O) groups is 2. The zero-order valence-corrected chi connectivity index (χ0v) is 15.1. The number of esters is 1. The first-order valence-electron chi connectivity index (χ1n) is 9.20. The molecule has 2 fully saturated rings. The molecule has 1 amide bonds. The van der Waals surface area contributed by atoms with Gasteiger partial charge in [-0.3, -0.25) is 9.78 Å². The van der Waals surface area contributed by atoms with Gasteiger partial charge in [-0.1, -0.05) is 12.1 Å². The number of hydrogen-bond donors (Lipinski definition) is 0. The van der Waals surface area contributed by atoms with Gasteiger partial charge in [0.05, 0.1) is 24.6 Å². The van der Waals surface area contributed by atoms with Crippen LogP contribution in [0.2, 0.25) is 0 Å². The summed E-state index contributed by atoms with van der Waals surface area (Å²) in [6.45, 7) is 0.998. The first-order chi connectivity index (χ1) is 13.1. The number of amides is 1. The minimum absolute atomic E-state index is 0.128. The molecule has 0 N–H and O–H groups in total. The summed E-state index contributed by atoms with van der Waals surface area (Å²) in [7, 11) is 1.63. The topological polar surface area (TPSA) is 68.7 Å². The molecule has 1 saturated heterocycles. The molecule has 0 radical (unpaired) electrons. The van der Waals surface area contributed by atoms with Crippen molar-refractivity contribution in [1.29, 1.82) is 0 Å². The normalized spacial score (nSPS) is 24.6. The van der Waals surface area contributed by atoms with Crippen LogP contribution >= 0.6 is 0 Å². The maximum Gasteiger partial charge on any atom is 0.341 e. The van der Waals surface area contributed by atoms with Gasteiger partial charge in [0, 0.05) is 30.9 Å². The van der Waals surface area contributed by atoms with Crippen molar-refractivity contribution < 1.29 is 19.1 Å². The Kier molecular flexibility index (Phi) is 3.35. The van der Waals surface area contributed by atoms with Gasteiger partial charge >= 0.3 is 5.97 Å². The number of nitrogens with zero attached hydrogens (tertiary/aromatic N) is 2. The van der Waals surface area contributed by atoms with E-state index in [1.165, 1.54) is 0 Å². The highest BCUT2D eigenvalue weighted by atomic mass is 16.6. The predicted molar refractivity (Wildman–Crippen MR) is 96.4 cm³/mol. The third-order valence-electron chi connectivity index (χ3n) is 6.14. The van der Waals surface area contributed by atoms with Crippen molar-refractivity contribution in [2.75, 3.05) is 20.2 Å². The van der Waals surface area contributed by atoms with E-state index in [1.807, 2.05) is 35.2 Å². The molecule has 6 heteroatoms. The number of fused-ring (bicyclic) bond motifs is 2. The van der Waals surface area contributed by atoms with E-state index in [1.54, 1.807) is 19.5 Å². The second-order valence-electron chi connectivity index (χ2n) is 7.59. The average molecular weight is 364 g/mol. The Labute approximate surface area is 157 Å². The summed E-state index contributed by atoms with van der Waals surface area (Å²) in [6.07, 6.45) is 5.55. The van der Waals surface area contributed by atoms with Crippen molar-refractivity contribution in [2.24, 2.45) is 0 Å². The van der Waals surface area contributed by atoms with E-state index >= 15 is 0 Å². The van der Waals surface area contributed by atoms with Gasteiger partial charge in [-0.25, -0.2) is 4.79 Å². The Balaban J connectivity index is 1.41. The molecule has 1 aromatic heterocycles. The number of benzene rings is 1. The first kappa shape index (κ1) is 16.3. The van der Waals surface area contributed by atoms with Crippen molar-refractivity contribution >= 4 is 11.9 Å². The van der Waals surface area contributed by atoms with Gasteiger partial charge in [-0.15, -0.1) is 0 Å². The molecule has 6 nitrogen and oxygen atoms in total. The number of hydrogen-bond acceptors (Lipinski definition) is 5. The largest absolute Gasteiger partial charge is 0.497 e. The number of ether oxygens (including phenoxy) is 2. The average Bonchev–Trinajstić information content (AvgIpc) is 3.34. The van der Waals surface area contributed by atoms with Crippen LogP contribution in [0.3, 0.4) is 0 Å². The van der Waals surface area contributed by atoms with Crippen LogP contribution in [0.15, 0.2) is 42.7 Å². The summed E-state index contributed by atoms with van der Waals surface area (Å²) < 4.78 is 11.0. The van der Waals surface area contributed by atoms with Gasteiger partial charge in [0.2, 0.25) is 5.91 Å². The standard InChI is InChI=1S/C21H20N2O4/c1-26-15-4-2-14(3-5-15)20(7-8-20)19(25)23-11-9-21(13-23)17-6-10-22-12-16(17)18(24)27-21/h2-6,10,12H,7-9,11,13H2,1H3. The van der Waals surface area contributed by atoms with Crippen LogP contribution in [-0.4, -0.2) is 42.0 Å². The molecule has 1 aromatic carbocycles. The lowest BCUT2D eigenvalue weighted by molar-refractivity contribution is -0.134. The van der Waals surface area contributed by atoms with Gasteiger partial charge < -0.3 is 14.4 Å². The number of pyridine rings is 1. The maximum absolute atomic E-state index is 13.4. The second kappa shape index (κ2) is 5.55. The Morgan fingerprint density at radius 3 is 2.67 bits per heavy atom. The van der Waals surface area contributed by atoms with Crippen LogP contribution < -0.4 is 4.74 Å². The summed E-state index contributed by atoms with van der Waals surface area (Å²) in [6, 6.07) is 9.59. The second-order valence-corrected chi connectivity index (χ2v) is 7.59. The summed E-state index contributed by atoms with van der Waals surface area (Å²) >= 11 is 0. The molecular formula is C21H20N2O4. The SMILES string of the molecule is COc1ccc(C2(C(=O)N3CCC4(C3)OC(=O)c3cnccc34)CC2)cc1. The predicted octanol–water partition coefficient (Wildman–Crippen LogP) is 2.42. The third kappa shape index (κ3) is 2.29. The lowest BCUT2D eigenvalue weighted by Crippen LogP contribution is -2.40. The highest BCUT2D eigenvalue weighted by Crippen LogP contribution is 2.52. The van der Waals surface area contributed by atoms with Crippen molar-refractivity contribution in [2.45, 2.75) is 30.3 Å². The van der Waals surface area contributed by atoms with Crippen LogP contribution in [0.25, 0.3) is 0 Å². The monoisotopic (exact) mass is 364 g/mol. The number of carbonyl (C=O) groups excluding carboxylic acids is 2. The molecule has 1 atom stereocenters. The Morgan fingerprint density at radius 1 is 1.19 bits per heavy atom. The fourth-order valence-corrected chi connectivity index (χ4v) is 4.46. The first-order valence-corrected chi connectivity index (χ1v) is 9.20. The smallest absolute Gasteiger partial charge is 0.341 e. The van der Waals surface area contributed by atoms with Crippen molar-refractivity contribution in [3.8, 4) is 5.75 Å². The van der Waals surface area contributed by atoms with E-state index < -0.39 is 11.0 Å². The van der Waals surface area contributed by atoms with Gasteiger partial charge in [0.25, 0.3) is 0 Å². The van der Waals surface area contributed by atoms with E-state index in [9.17, 15) is 9.59 Å². The number of rotatable bonds is 3. The molecule has 3 heterocycles. The maximum atomic E-state index is 13.4. The highest BCUT2D eigenvalue weighted by Gasteiger charge is 2.57. The molecular weight excluding hydrogens is 344 g/mol. The zero-order valence-electron chi connectivity index (χ0n) is 15.1. The molecule has 3 aliphatic rings. The quantitative estimate of drug-likeness (QED) is 0.783. The van der Waals surface area contributed by atoms with Gasteiger partial charge in [0.15, 0.2) is 5.60 Å². The van der Waals surface area contributed by atoms with Crippen LogP contribution in [0.1, 0.15) is 40.7 Å². The van der Waals surface area contributed by atoms with Crippen molar-refractivity contribution in [1.82, 2.24) is 9.88 Å². The van der Waals surface area contributed by atoms with Gasteiger partial charge in [-0.2, -0.15) is 0 Å². The van der Waals surface area contributed by atoms with Crippen LogP contribution in [0, 0.1) is 0 Å². The van der Waals surface area contributed by atoms with E-state index in [0.717, 1.165) is 29.7 Å². The van der Waals surface area contributed by atoms with Crippen LogP contribution in [0.4, 0.5) is 0 Å². The molecule has 1 aliphatic carbocycles. The number of likely N-dealkylation sites (tertiary alicyclic amines) is 1.